The number of phosphoric acid groups is 1. The number of hydrogen-bond donors (Lipinski definition) is 1. The second-order valence-electron chi connectivity index (χ2n) is 6.13. The van der Waals surface area contributed by atoms with Gasteiger partial charge in [0.05, 0.1) is 41.8 Å². The van der Waals surface area contributed by atoms with E-state index in [1.54, 1.807) is 31.3 Å². The lowest BCUT2D eigenvalue weighted by atomic mass is 10.1. The van der Waals surface area contributed by atoms with Gasteiger partial charge in [-0.1, -0.05) is 23.2 Å². The number of anilines is 1. The maximum atomic E-state index is 12.7. The van der Waals surface area contributed by atoms with E-state index in [-0.39, 0.29) is 0 Å². The van der Waals surface area contributed by atoms with Gasteiger partial charge in [-0.05, 0) is 31.5 Å². The van der Waals surface area contributed by atoms with E-state index in [0.717, 1.165) is 5.56 Å². The van der Waals surface area contributed by atoms with Crippen LogP contribution in [0.25, 0.3) is 0 Å². The first-order chi connectivity index (χ1) is 13.0. The Morgan fingerprint density at radius 1 is 1.30 bits per heavy atom. The summed E-state index contributed by atoms with van der Waals surface area (Å²) in [7, 11) is -3.69. The lowest BCUT2D eigenvalue weighted by Gasteiger charge is -2.25. The van der Waals surface area contributed by atoms with E-state index in [0.29, 0.717) is 59.0 Å². The van der Waals surface area contributed by atoms with E-state index in [4.69, 9.17) is 41.5 Å². The number of fused-ring (bicyclic) bond motifs is 1. The van der Waals surface area contributed by atoms with Crippen molar-refractivity contribution >= 4 is 36.7 Å². The monoisotopic (exact) mass is 430 g/mol. The average molecular weight is 431 g/mol. The van der Waals surface area contributed by atoms with Crippen LogP contribution in [0.3, 0.4) is 0 Å². The third kappa shape index (κ3) is 3.94. The summed E-state index contributed by atoms with van der Waals surface area (Å²) in [5.41, 5.74) is 2.72. The van der Waals surface area contributed by atoms with Crippen LogP contribution in [0.5, 0.6) is 5.75 Å². The zero-order chi connectivity index (χ0) is 19.0. The first kappa shape index (κ1) is 19.0. The number of phosphoric ester groups is 1. The number of halogens is 2. The normalized spacial score (nSPS) is 20.9. The molecule has 1 unspecified atom stereocenters. The molecule has 1 N–H and O–H groups in total. The van der Waals surface area contributed by atoms with Crippen LogP contribution in [0.15, 0.2) is 24.4 Å². The molecule has 2 aliphatic rings. The molecule has 1 aromatic carbocycles. The van der Waals surface area contributed by atoms with Gasteiger partial charge in [-0.3, -0.25) is 14.0 Å². The fourth-order valence-corrected chi connectivity index (χ4v) is 4.70. The fourth-order valence-electron chi connectivity index (χ4n) is 2.89. The number of hydrogen-bond acceptors (Lipinski definition) is 7. The molecule has 1 fully saturated rings. The third-order valence-corrected chi connectivity index (χ3v) is 6.16. The van der Waals surface area contributed by atoms with E-state index in [2.05, 4.69) is 10.3 Å². The highest BCUT2D eigenvalue weighted by Crippen LogP contribution is 2.54. The predicted octanol–water partition coefficient (Wildman–Crippen LogP) is 5.26. The van der Waals surface area contributed by atoms with Gasteiger partial charge < -0.3 is 14.6 Å². The molecule has 10 heteroatoms. The van der Waals surface area contributed by atoms with Crippen LogP contribution in [0.4, 0.5) is 5.69 Å². The summed E-state index contributed by atoms with van der Waals surface area (Å²) >= 11 is 12.2. The highest BCUT2D eigenvalue weighted by molar-refractivity contribution is 7.49. The molecule has 0 saturated carbocycles. The zero-order valence-electron chi connectivity index (χ0n) is 14.4. The molecule has 2 aromatic rings. The van der Waals surface area contributed by atoms with Crippen LogP contribution in [-0.2, 0) is 25.0 Å². The first-order valence-electron chi connectivity index (χ1n) is 8.35. The number of aromatic nitrogens is 1. The highest BCUT2D eigenvalue weighted by Gasteiger charge is 2.37. The molecule has 2 aliphatic heterocycles. The topological polar surface area (TPSA) is 78.9 Å². The van der Waals surface area contributed by atoms with Crippen LogP contribution in [0, 0.1) is 6.92 Å². The quantitative estimate of drug-likeness (QED) is 0.662. The Morgan fingerprint density at radius 3 is 2.81 bits per heavy atom. The van der Waals surface area contributed by atoms with Crippen molar-refractivity contribution in [3.05, 3.63) is 51.3 Å². The van der Waals surface area contributed by atoms with Crippen molar-refractivity contribution in [3.8, 4) is 5.75 Å². The van der Waals surface area contributed by atoms with Crippen molar-refractivity contribution in [3.63, 3.8) is 0 Å². The summed E-state index contributed by atoms with van der Waals surface area (Å²) in [5.74, 6) is 0.331. The fraction of sp³-hybridized carbons (Fsp3) is 0.353. The highest BCUT2D eigenvalue weighted by atomic mass is 35.5. The number of ether oxygens (including phenoxy) is 1. The second-order valence-corrected chi connectivity index (χ2v) is 8.57. The Bertz CT molecular complexity index is 916. The minimum atomic E-state index is -3.69. The summed E-state index contributed by atoms with van der Waals surface area (Å²) in [6.45, 7) is 2.72. The molecular weight excluding hydrogens is 414 g/mol. The Hall–Kier alpha value is -1.34. The van der Waals surface area contributed by atoms with Crippen molar-refractivity contribution in [2.75, 3.05) is 18.5 Å². The molecule has 7 nitrogen and oxygen atoms in total. The van der Waals surface area contributed by atoms with Gasteiger partial charge in [-0.2, -0.15) is 0 Å². The lowest BCUT2D eigenvalue weighted by Crippen LogP contribution is -2.15. The number of pyridine rings is 1. The zero-order valence-corrected chi connectivity index (χ0v) is 16.8. The van der Waals surface area contributed by atoms with E-state index in [9.17, 15) is 4.57 Å². The van der Waals surface area contributed by atoms with Gasteiger partial charge >= 0.3 is 7.82 Å². The van der Waals surface area contributed by atoms with E-state index >= 15 is 0 Å². The molecule has 0 spiro atoms. The summed E-state index contributed by atoms with van der Waals surface area (Å²) in [5, 5.41) is 4.21. The van der Waals surface area contributed by atoms with E-state index in [1.807, 2.05) is 0 Å². The molecule has 0 bridgehead atoms. The van der Waals surface area contributed by atoms with Gasteiger partial charge in [0.2, 0.25) is 0 Å². The van der Waals surface area contributed by atoms with Gasteiger partial charge in [0, 0.05) is 16.8 Å². The molecule has 144 valence electrons. The van der Waals surface area contributed by atoms with Crippen molar-refractivity contribution in [2.45, 2.75) is 26.2 Å². The Kier molecular flexibility index (Phi) is 5.34. The van der Waals surface area contributed by atoms with Gasteiger partial charge in [-0.15, -0.1) is 0 Å². The summed E-state index contributed by atoms with van der Waals surface area (Å²) in [6, 6.07) is 5.12. The molecule has 1 aromatic heterocycles. The largest absolute Gasteiger partial charge is 0.530 e. The van der Waals surface area contributed by atoms with Gasteiger partial charge in [0.15, 0.2) is 12.0 Å². The van der Waals surface area contributed by atoms with Crippen molar-refractivity contribution in [1.29, 1.82) is 0 Å². The van der Waals surface area contributed by atoms with Crippen molar-refractivity contribution in [1.82, 2.24) is 4.98 Å². The molecule has 1 atom stereocenters. The lowest BCUT2D eigenvalue weighted by molar-refractivity contribution is 0.0833. The Labute approximate surface area is 166 Å². The van der Waals surface area contributed by atoms with Gasteiger partial charge in [0.25, 0.3) is 0 Å². The number of nitrogens with one attached hydrogen (secondary N) is 1. The van der Waals surface area contributed by atoms with Crippen molar-refractivity contribution in [2.24, 2.45) is 0 Å². The second kappa shape index (κ2) is 7.59. The molecule has 0 radical (unpaired) electrons. The predicted molar refractivity (Wildman–Crippen MR) is 101 cm³/mol. The summed E-state index contributed by atoms with van der Waals surface area (Å²) < 4.78 is 34.8. The van der Waals surface area contributed by atoms with E-state index < -0.39 is 14.1 Å². The van der Waals surface area contributed by atoms with Crippen LogP contribution in [-0.4, -0.2) is 18.2 Å². The molecule has 4 rings (SSSR count). The minimum Gasteiger partial charge on any atom is -0.402 e. The SMILES string of the molecule is Cc1ncc2c(c1OP1(=O)OCCCO1)C(Nc1ccc(Cl)cc1Cl)OC2. The summed E-state index contributed by atoms with van der Waals surface area (Å²) in [6.07, 6.45) is 1.81. The number of aryl methyl sites for hydroxylation is 1. The number of rotatable bonds is 4. The van der Waals surface area contributed by atoms with E-state index in [1.165, 1.54) is 0 Å². The number of nitrogens with zero attached hydrogens (tertiary/aromatic N) is 1. The Balaban J connectivity index is 1.67. The third-order valence-electron chi connectivity index (χ3n) is 4.21. The van der Waals surface area contributed by atoms with Crippen LogP contribution in [0.2, 0.25) is 10.0 Å². The Morgan fingerprint density at radius 2 is 2.07 bits per heavy atom. The van der Waals surface area contributed by atoms with Crippen LogP contribution >= 0.6 is 31.0 Å². The molecule has 1 saturated heterocycles. The maximum absolute atomic E-state index is 12.7. The van der Waals surface area contributed by atoms with Crippen molar-refractivity contribution < 1.29 is 22.9 Å². The molecular formula is C17H17Cl2N2O5P. The number of benzene rings is 1. The smallest absolute Gasteiger partial charge is 0.402 e. The average Bonchev–Trinajstić information content (AvgIpc) is 3.04. The molecule has 0 amide bonds. The standard InChI is InChI=1S/C17H17Cl2N2O5P/c1-10-16(26-27(22)24-5-2-6-25-27)15-11(8-20-10)9-23-17(15)21-14-4-3-12(18)7-13(14)19/h3-4,7-8,17,21H,2,5-6,9H2,1H3. The van der Waals surface area contributed by atoms with Crippen LogP contribution < -0.4 is 9.84 Å². The van der Waals surface area contributed by atoms with Gasteiger partial charge in [-0.25, -0.2) is 4.57 Å². The maximum Gasteiger partial charge on any atom is 0.530 e. The molecule has 0 aliphatic carbocycles. The first-order valence-corrected chi connectivity index (χ1v) is 10.6. The van der Waals surface area contributed by atoms with Crippen LogP contribution in [0.1, 0.15) is 29.5 Å². The summed E-state index contributed by atoms with van der Waals surface area (Å²) in [4.78, 5) is 4.31. The molecule has 27 heavy (non-hydrogen) atoms. The minimum absolute atomic E-state index is 0.317. The van der Waals surface area contributed by atoms with Gasteiger partial charge in [0.1, 0.15) is 0 Å². The molecule has 3 heterocycles.